The summed E-state index contributed by atoms with van der Waals surface area (Å²) in [4.78, 5) is 15.6. The Morgan fingerprint density at radius 1 is 1.25 bits per heavy atom. The van der Waals surface area contributed by atoms with Crippen LogP contribution in [0.1, 0.15) is 16.5 Å². The van der Waals surface area contributed by atoms with Crippen LogP contribution in [0.5, 0.6) is 11.5 Å². The van der Waals surface area contributed by atoms with E-state index in [2.05, 4.69) is 21.7 Å². The Balaban J connectivity index is 1.57. The van der Waals surface area contributed by atoms with E-state index in [0.717, 1.165) is 17.1 Å². The number of hydrogen-bond acceptors (Lipinski definition) is 5. The molecule has 0 radical (unpaired) electrons. The molecule has 0 bridgehead atoms. The van der Waals surface area contributed by atoms with Gasteiger partial charge in [0.05, 0.1) is 12.5 Å². The van der Waals surface area contributed by atoms with Crippen LogP contribution in [0.2, 0.25) is 0 Å². The molecule has 5 nitrogen and oxygen atoms in total. The number of hydrogen-bond donors (Lipinski definition) is 1. The molecule has 128 valence electrons. The van der Waals surface area contributed by atoms with Gasteiger partial charge < -0.3 is 19.7 Å². The Bertz CT molecular complexity index is 686. The van der Waals surface area contributed by atoms with Crippen molar-refractivity contribution in [3.05, 3.63) is 46.2 Å². The van der Waals surface area contributed by atoms with Gasteiger partial charge in [0.2, 0.25) is 5.91 Å². The number of amides is 1. The van der Waals surface area contributed by atoms with E-state index in [-0.39, 0.29) is 11.9 Å². The number of ether oxygens (including phenoxy) is 2. The van der Waals surface area contributed by atoms with Crippen LogP contribution in [0.25, 0.3) is 0 Å². The zero-order valence-corrected chi connectivity index (χ0v) is 14.8. The fourth-order valence-corrected chi connectivity index (χ4v) is 3.60. The lowest BCUT2D eigenvalue weighted by atomic mass is 10.1. The van der Waals surface area contributed by atoms with Gasteiger partial charge in [-0.3, -0.25) is 4.79 Å². The smallest absolute Gasteiger partial charge is 0.224 e. The van der Waals surface area contributed by atoms with Gasteiger partial charge in [-0.25, -0.2) is 0 Å². The topological polar surface area (TPSA) is 50.8 Å². The van der Waals surface area contributed by atoms with Crippen molar-refractivity contribution in [2.45, 2.75) is 12.5 Å². The zero-order valence-electron chi connectivity index (χ0n) is 14.0. The summed E-state index contributed by atoms with van der Waals surface area (Å²) < 4.78 is 11.1. The molecule has 0 saturated heterocycles. The summed E-state index contributed by atoms with van der Waals surface area (Å²) in [6.45, 7) is 1.71. The number of rotatable bonds is 6. The summed E-state index contributed by atoms with van der Waals surface area (Å²) in [6.07, 6.45) is 0.335. The molecule has 2 heterocycles. The molecule has 1 atom stereocenters. The van der Waals surface area contributed by atoms with Crippen LogP contribution in [-0.2, 0) is 11.2 Å². The van der Waals surface area contributed by atoms with Crippen molar-refractivity contribution in [1.29, 1.82) is 0 Å². The van der Waals surface area contributed by atoms with Crippen LogP contribution in [0, 0.1) is 0 Å². The molecule has 0 spiro atoms. The Morgan fingerprint density at radius 3 is 2.75 bits per heavy atom. The largest absolute Gasteiger partial charge is 0.486 e. The lowest BCUT2D eigenvalue weighted by Gasteiger charge is -2.23. The number of carbonyl (C=O) groups is 1. The van der Waals surface area contributed by atoms with Crippen LogP contribution in [-0.4, -0.2) is 44.7 Å². The normalized spacial score (nSPS) is 14.5. The number of carbonyl (C=O) groups excluding carboxylic acids is 1. The zero-order chi connectivity index (χ0) is 16.9. The number of nitrogens with zero attached hydrogens (tertiary/aromatic N) is 1. The molecule has 1 aromatic carbocycles. The second kappa shape index (κ2) is 7.68. The van der Waals surface area contributed by atoms with E-state index in [1.165, 1.54) is 4.88 Å². The molecule has 6 heteroatoms. The first-order chi connectivity index (χ1) is 11.6. The average molecular weight is 346 g/mol. The van der Waals surface area contributed by atoms with Crippen molar-refractivity contribution in [1.82, 2.24) is 10.2 Å². The van der Waals surface area contributed by atoms with E-state index in [4.69, 9.17) is 9.47 Å². The first kappa shape index (κ1) is 16.8. The highest BCUT2D eigenvalue weighted by atomic mass is 32.1. The van der Waals surface area contributed by atoms with Crippen LogP contribution in [0.15, 0.2) is 35.7 Å². The molecular formula is C18H22N2O3S. The molecule has 0 fully saturated rings. The van der Waals surface area contributed by atoms with Crippen molar-refractivity contribution in [3.8, 4) is 11.5 Å². The number of nitrogens with one attached hydrogen (secondary N) is 1. The van der Waals surface area contributed by atoms with Gasteiger partial charge in [0.15, 0.2) is 11.5 Å². The van der Waals surface area contributed by atoms with Gasteiger partial charge in [-0.1, -0.05) is 12.1 Å². The van der Waals surface area contributed by atoms with E-state index in [9.17, 15) is 4.79 Å². The molecule has 1 aliphatic rings. The predicted octanol–water partition coefficient (Wildman–Crippen LogP) is 2.48. The van der Waals surface area contributed by atoms with E-state index in [1.807, 2.05) is 38.4 Å². The summed E-state index contributed by atoms with van der Waals surface area (Å²) in [5.74, 6) is 1.47. The molecule has 1 N–H and O–H groups in total. The molecule has 1 amide bonds. The van der Waals surface area contributed by atoms with E-state index in [1.54, 1.807) is 11.3 Å². The molecule has 1 aromatic heterocycles. The Kier molecular flexibility index (Phi) is 5.37. The van der Waals surface area contributed by atoms with Crippen LogP contribution < -0.4 is 14.8 Å². The standard InChI is InChI=1S/C18H22N2O3S/c1-20(2)14(17-4-3-9-24-17)12-19-18(21)11-13-5-6-15-16(10-13)23-8-7-22-15/h3-6,9-10,14H,7-8,11-12H2,1-2H3,(H,19,21). The lowest BCUT2D eigenvalue weighted by molar-refractivity contribution is -0.120. The maximum absolute atomic E-state index is 12.3. The number of likely N-dealkylation sites (N-methyl/N-ethyl adjacent to an activating group) is 1. The van der Waals surface area contributed by atoms with E-state index in [0.29, 0.717) is 26.2 Å². The quantitative estimate of drug-likeness (QED) is 0.873. The van der Waals surface area contributed by atoms with Crippen molar-refractivity contribution in [2.75, 3.05) is 33.9 Å². The highest BCUT2D eigenvalue weighted by molar-refractivity contribution is 7.10. The highest BCUT2D eigenvalue weighted by Gasteiger charge is 2.17. The van der Waals surface area contributed by atoms with Gasteiger partial charge in [-0.15, -0.1) is 11.3 Å². The van der Waals surface area contributed by atoms with Crippen molar-refractivity contribution in [3.63, 3.8) is 0 Å². The minimum Gasteiger partial charge on any atom is -0.486 e. The SMILES string of the molecule is CN(C)C(CNC(=O)Cc1ccc2c(c1)OCCO2)c1cccs1. The maximum Gasteiger partial charge on any atom is 0.224 e. The summed E-state index contributed by atoms with van der Waals surface area (Å²) in [5, 5.41) is 5.09. The molecular weight excluding hydrogens is 324 g/mol. The van der Waals surface area contributed by atoms with Crippen LogP contribution in [0.4, 0.5) is 0 Å². The third kappa shape index (κ3) is 4.07. The molecule has 0 saturated carbocycles. The second-order valence-electron chi connectivity index (χ2n) is 5.95. The van der Waals surface area contributed by atoms with Gasteiger partial charge in [-0.2, -0.15) is 0 Å². The van der Waals surface area contributed by atoms with Gasteiger partial charge in [0, 0.05) is 11.4 Å². The molecule has 24 heavy (non-hydrogen) atoms. The van der Waals surface area contributed by atoms with E-state index >= 15 is 0 Å². The first-order valence-corrected chi connectivity index (χ1v) is 8.86. The molecule has 0 aliphatic carbocycles. The second-order valence-corrected chi connectivity index (χ2v) is 6.93. The Morgan fingerprint density at radius 2 is 2.04 bits per heavy atom. The van der Waals surface area contributed by atoms with Gasteiger partial charge in [0.1, 0.15) is 13.2 Å². The number of thiophene rings is 1. The van der Waals surface area contributed by atoms with Gasteiger partial charge in [-0.05, 0) is 43.2 Å². The van der Waals surface area contributed by atoms with Crippen molar-refractivity contribution in [2.24, 2.45) is 0 Å². The molecule has 3 rings (SSSR count). The Hall–Kier alpha value is -2.05. The summed E-state index contributed by atoms with van der Waals surface area (Å²) in [5.41, 5.74) is 0.925. The first-order valence-electron chi connectivity index (χ1n) is 7.98. The molecule has 2 aromatic rings. The number of fused-ring (bicyclic) bond motifs is 1. The third-order valence-electron chi connectivity index (χ3n) is 3.96. The highest BCUT2D eigenvalue weighted by Crippen LogP contribution is 2.30. The van der Waals surface area contributed by atoms with E-state index < -0.39 is 0 Å². The minimum absolute atomic E-state index is 0.00934. The van der Waals surface area contributed by atoms with Crippen molar-refractivity contribution >= 4 is 17.2 Å². The van der Waals surface area contributed by atoms with Crippen LogP contribution in [0.3, 0.4) is 0 Å². The fraction of sp³-hybridized carbons (Fsp3) is 0.389. The Labute approximate surface area is 146 Å². The van der Waals surface area contributed by atoms with Gasteiger partial charge in [0.25, 0.3) is 0 Å². The molecule has 1 unspecified atom stereocenters. The maximum atomic E-state index is 12.3. The minimum atomic E-state index is 0.00934. The van der Waals surface area contributed by atoms with Crippen LogP contribution >= 0.6 is 11.3 Å². The lowest BCUT2D eigenvalue weighted by Crippen LogP contribution is -2.34. The fourth-order valence-electron chi connectivity index (χ4n) is 2.67. The third-order valence-corrected chi connectivity index (χ3v) is 4.93. The number of benzene rings is 1. The monoisotopic (exact) mass is 346 g/mol. The predicted molar refractivity (Wildman–Crippen MR) is 94.9 cm³/mol. The molecule has 1 aliphatic heterocycles. The summed E-state index contributed by atoms with van der Waals surface area (Å²) in [7, 11) is 4.05. The van der Waals surface area contributed by atoms with Gasteiger partial charge >= 0.3 is 0 Å². The average Bonchev–Trinajstić information content (AvgIpc) is 3.09. The summed E-state index contributed by atoms with van der Waals surface area (Å²) in [6, 6.07) is 9.99. The summed E-state index contributed by atoms with van der Waals surface area (Å²) >= 11 is 1.71. The van der Waals surface area contributed by atoms with Crippen molar-refractivity contribution < 1.29 is 14.3 Å².